The van der Waals surface area contributed by atoms with Crippen molar-refractivity contribution in [2.45, 2.75) is 0 Å². The van der Waals surface area contributed by atoms with Crippen LogP contribution in [0, 0.1) is 0 Å². The standard InChI is InChI=1S/C17H13ClN2O2S/c1-20-16(22)15(10-11-2-4-12(18)5-3-11)23-17(20)19-13-6-8-14(21)9-7-13/h2-10,21H,1H3/b15-10-,19-17?. The number of aliphatic imine (C=N–C) groups is 1. The van der Waals surface area contributed by atoms with Crippen LogP contribution in [-0.2, 0) is 4.79 Å². The van der Waals surface area contributed by atoms with Crippen LogP contribution in [0.2, 0.25) is 5.02 Å². The number of benzene rings is 2. The van der Waals surface area contributed by atoms with Crippen molar-refractivity contribution in [3.8, 4) is 5.75 Å². The van der Waals surface area contributed by atoms with Crippen molar-refractivity contribution in [2.24, 2.45) is 4.99 Å². The van der Waals surface area contributed by atoms with Crippen LogP contribution in [0.3, 0.4) is 0 Å². The van der Waals surface area contributed by atoms with E-state index >= 15 is 0 Å². The molecule has 0 spiro atoms. The minimum absolute atomic E-state index is 0.0949. The molecule has 0 aliphatic carbocycles. The summed E-state index contributed by atoms with van der Waals surface area (Å²) in [6, 6.07) is 13.8. The molecule has 0 aromatic heterocycles. The van der Waals surface area contributed by atoms with Crippen molar-refractivity contribution in [3.05, 3.63) is 64.0 Å². The lowest BCUT2D eigenvalue weighted by atomic mass is 10.2. The fraction of sp³-hybridized carbons (Fsp3) is 0.0588. The minimum Gasteiger partial charge on any atom is -0.508 e. The lowest BCUT2D eigenvalue weighted by Crippen LogP contribution is -2.23. The SMILES string of the molecule is CN1C(=O)/C(=C/c2ccc(Cl)cc2)SC1=Nc1ccc(O)cc1. The Morgan fingerprint density at radius 2 is 1.78 bits per heavy atom. The highest BCUT2D eigenvalue weighted by Gasteiger charge is 2.30. The Morgan fingerprint density at radius 1 is 1.13 bits per heavy atom. The monoisotopic (exact) mass is 344 g/mol. The van der Waals surface area contributed by atoms with E-state index in [0.29, 0.717) is 20.8 Å². The van der Waals surface area contributed by atoms with Gasteiger partial charge in [-0.05, 0) is 59.8 Å². The average molecular weight is 345 g/mol. The van der Waals surface area contributed by atoms with E-state index in [4.69, 9.17) is 11.6 Å². The van der Waals surface area contributed by atoms with E-state index in [2.05, 4.69) is 4.99 Å². The second kappa shape index (κ2) is 6.48. The molecule has 1 fully saturated rings. The fourth-order valence-corrected chi connectivity index (χ4v) is 3.11. The Morgan fingerprint density at radius 3 is 2.43 bits per heavy atom. The van der Waals surface area contributed by atoms with Crippen molar-refractivity contribution >= 4 is 46.2 Å². The maximum absolute atomic E-state index is 12.3. The number of carbonyl (C=O) groups excluding carboxylic acids is 1. The smallest absolute Gasteiger partial charge is 0.266 e. The summed E-state index contributed by atoms with van der Waals surface area (Å²) in [4.78, 5) is 18.9. The van der Waals surface area contributed by atoms with Crippen LogP contribution in [0.25, 0.3) is 6.08 Å². The van der Waals surface area contributed by atoms with E-state index in [1.165, 1.54) is 16.7 Å². The average Bonchev–Trinajstić information content (AvgIpc) is 2.80. The Hall–Kier alpha value is -2.24. The molecule has 1 aliphatic rings. The van der Waals surface area contributed by atoms with Gasteiger partial charge in [-0.25, -0.2) is 4.99 Å². The van der Waals surface area contributed by atoms with E-state index in [0.717, 1.165) is 5.56 Å². The van der Waals surface area contributed by atoms with E-state index in [1.54, 1.807) is 43.4 Å². The number of hydrogen-bond donors (Lipinski definition) is 1. The molecule has 0 atom stereocenters. The van der Waals surface area contributed by atoms with Gasteiger partial charge in [-0.3, -0.25) is 9.69 Å². The van der Waals surface area contributed by atoms with E-state index in [9.17, 15) is 9.90 Å². The van der Waals surface area contributed by atoms with Crippen molar-refractivity contribution in [1.29, 1.82) is 0 Å². The van der Waals surface area contributed by atoms with Crippen LogP contribution in [0.4, 0.5) is 5.69 Å². The number of rotatable bonds is 2. The first-order valence-electron chi connectivity index (χ1n) is 6.84. The number of hydrogen-bond acceptors (Lipinski definition) is 4. The summed E-state index contributed by atoms with van der Waals surface area (Å²) in [7, 11) is 1.69. The number of likely N-dealkylation sites (N-methyl/N-ethyl adjacent to an activating group) is 1. The third-order valence-electron chi connectivity index (χ3n) is 3.25. The molecule has 1 amide bonds. The highest BCUT2D eigenvalue weighted by atomic mass is 35.5. The number of phenolic OH excluding ortho intramolecular Hbond substituents is 1. The van der Waals surface area contributed by atoms with Crippen LogP contribution in [0.1, 0.15) is 5.56 Å². The summed E-state index contributed by atoms with van der Waals surface area (Å²) >= 11 is 7.18. The summed E-state index contributed by atoms with van der Waals surface area (Å²) in [5.41, 5.74) is 1.59. The van der Waals surface area contributed by atoms with Crippen molar-refractivity contribution in [3.63, 3.8) is 0 Å². The van der Waals surface area contributed by atoms with Gasteiger partial charge in [0.05, 0.1) is 10.6 Å². The molecule has 1 saturated heterocycles. The van der Waals surface area contributed by atoms with Gasteiger partial charge in [-0.2, -0.15) is 0 Å². The Kier molecular flexibility index (Phi) is 4.41. The third-order valence-corrected chi connectivity index (χ3v) is 4.56. The van der Waals surface area contributed by atoms with Crippen molar-refractivity contribution in [2.75, 3.05) is 7.05 Å². The molecule has 116 valence electrons. The summed E-state index contributed by atoms with van der Waals surface area (Å²) < 4.78 is 0. The molecule has 0 bridgehead atoms. The number of aromatic hydroxyl groups is 1. The van der Waals surface area contributed by atoms with Crippen LogP contribution in [0.15, 0.2) is 58.4 Å². The maximum Gasteiger partial charge on any atom is 0.266 e. The van der Waals surface area contributed by atoms with Crippen molar-refractivity contribution < 1.29 is 9.90 Å². The second-order valence-electron chi connectivity index (χ2n) is 4.94. The zero-order chi connectivity index (χ0) is 16.4. The molecule has 2 aromatic rings. The van der Waals surface area contributed by atoms with Gasteiger partial charge in [0.2, 0.25) is 0 Å². The van der Waals surface area contributed by atoms with Gasteiger partial charge in [0.15, 0.2) is 5.17 Å². The fourth-order valence-electron chi connectivity index (χ4n) is 2.00. The van der Waals surface area contributed by atoms with Gasteiger partial charge in [-0.15, -0.1) is 0 Å². The quantitative estimate of drug-likeness (QED) is 0.827. The largest absolute Gasteiger partial charge is 0.508 e. The molecule has 4 nitrogen and oxygen atoms in total. The number of halogens is 1. The van der Waals surface area contributed by atoms with Gasteiger partial charge < -0.3 is 5.11 Å². The number of amides is 1. The van der Waals surface area contributed by atoms with Crippen LogP contribution < -0.4 is 0 Å². The lowest BCUT2D eigenvalue weighted by molar-refractivity contribution is -0.121. The Labute approximate surface area is 143 Å². The van der Waals surface area contributed by atoms with Crippen molar-refractivity contribution in [1.82, 2.24) is 4.90 Å². The molecular formula is C17H13ClN2O2S. The molecule has 3 rings (SSSR count). The second-order valence-corrected chi connectivity index (χ2v) is 6.38. The molecule has 1 heterocycles. The zero-order valence-electron chi connectivity index (χ0n) is 12.2. The normalized spacial score (nSPS) is 18.2. The summed E-state index contributed by atoms with van der Waals surface area (Å²) in [6.07, 6.45) is 1.82. The third kappa shape index (κ3) is 3.57. The molecule has 0 radical (unpaired) electrons. The van der Waals surface area contributed by atoms with Gasteiger partial charge in [0, 0.05) is 12.1 Å². The van der Waals surface area contributed by atoms with Gasteiger partial charge in [0.1, 0.15) is 5.75 Å². The predicted octanol–water partition coefficient (Wildman–Crippen LogP) is 4.28. The van der Waals surface area contributed by atoms with E-state index in [-0.39, 0.29) is 11.7 Å². The molecular weight excluding hydrogens is 332 g/mol. The number of carbonyl (C=O) groups is 1. The highest BCUT2D eigenvalue weighted by Crippen LogP contribution is 2.33. The molecule has 2 aromatic carbocycles. The van der Waals surface area contributed by atoms with E-state index in [1.807, 2.05) is 18.2 Å². The first-order valence-corrected chi connectivity index (χ1v) is 8.03. The summed E-state index contributed by atoms with van der Waals surface area (Å²) in [6.45, 7) is 0. The van der Waals surface area contributed by atoms with Crippen LogP contribution in [0.5, 0.6) is 5.75 Å². The Balaban J connectivity index is 1.87. The Bertz CT molecular complexity index is 798. The lowest BCUT2D eigenvalue weighted by Gasteiger charge is -2.07. The molecule has 0 saturated carbocycles. The molecule has 1 N–H and O–H groups in total. The maximum atomic E-state index is 12.3. The number of nitrogens with zero attached hydrogens (tertiary/aromatic N) is 2. The summed E-state index contributed by atoms with van der Waals surface area (Å²) in [5, 5.41) is 10.6. The zero-order valence-corrected chi connectivity index (χ0v) is 13.8. The topological polar surface area (TPSA) is 52.9 Å². The van der Waals surface area contributed by atoms with E-state index < -0.39 is 0 Å². The van der Waals surface area contributed by atoms with Gasteiger partial charge >= 0.3 is 0 Å². The molecule has 0 unspecified atom stereocenters. The minimum atomic E-state index is -0.0949. The summed E-state index contributed by atoms with van der Waals surface area (Å²) in [5.74, 6) is 0.0863. The van der Waals surface area contributed by atoms with Crippen LogP contribution in [-0.4, -0.2) is 28.1 Å². The van der Waals surface area contributed by atoms with Gasteiger partial charge in [-0.1, -0.05) is 23.7 Å². The number of phenols is 1. The molecule has 6 heteroatoms. The predicted molar refractivity (Wildman–Crippen MR) is 95.0 cm³/mol. The first-order chi connectivity index (χ1) is 11.0. The first kappa shape index (κ1) is 15.6. The molecule has 1 aliphatic heterocycles. The number of amidine groups is 1. The van der Waals surface area contributed by atoms with Gasteiger partial charge in [0.25, 0.3) is 5.91 Å². The molecule has 23 heavy (non-hydrogen) atoms. The van der Waals surface area contributed by atoms with Crippen LogP contribution >= 0.6 is 23.4 Å². The highest BCUT2D eigenvalue weighted by molar-refractivity contribution is 8.18. The number of thioether (sulfide) groups is 1.